The Hall–Kier alpha value is -1.22. The number of hydrogen-bond donors (Lipinski definition) is 1. The number of hydrogen-bond acceptors (Lipinski definition) is 3. The Bertz CT molecular complexity index is 423. The lowest BCUT2D eigenvalue weighted by Gasteiger charge is -2.32. The van der Waals surface area contributed by atoms with Gasteiger partial charge in [0.05, 0.1) is 14.2 Å². The average Bonchev–Trinajstić information content (AvgIpc) is 2.43. The average molecular weight is 277 g/mol. The largest absolute Gasteiger partial charge is 0.493 e. The summed E-state index contributed by atoms with van der Waals surface area (Å²) in [4.78, 5) is 0. The molecule has 1 aliphatic rings. The monoisotopic (exact) mass is 277 g/mol. The van der Waals surface area contributed by atoms with Gasteiger partial charge < -0.3 is 14.8 Å². The van der Waals surface area contributed by atoms with Crippen LogP contribution in [0.2, 0.25) is 0 Å². The van der Waals surface area contributed by atoms with E-state index < -0.39 is 0 Å². The van der Waals surface area contributed by atoms with Crippen molar-refractivity contribution in [2.45, 2.75) is 45.7 Å². The molecule has 1 aromatic carbocycles. The van der Waals surface area contributed by atoms with Crippen LogP contribution >= 0.6 is 0 Å². The molecular formula is C17H27NO2. The number of benzene rings is 1. The molecule has 2 atom stereocenters. The molecule has 1 aliphatic carbocycles. The van der Waals surface area contributed by atoms with E-state index in [1.807, 2.05) is 6.07 Å². The summed E-state index contributed by atoms with van der Waals surface area (Å²) in [5, 5.41) is 3.69. The second-order valence-electron chi connectivity index (χ2n) is 6.18. The molecule has 1 fully saturated rings. The molecule has 20 heavy (non-hydrogen) atoms. The fraction of sp³-hybridized carbons (Fsp3) is 0.647. The Morgan fingerprint density at radius 2 is 1.65 bits per heavy atom. The maximum absolute atomic E-state index is 5.35. The summed E-state index contributed by atoms with van der Waals surface area (Å²) in [7, 11) is 3.35. The van der Waals surface area contributed by atoms with Crippen molar-refractivity contribution in [3.8, 4) is 11.5 Å². The topological polar surface area (TPSA) is 30.5 Å². The van der Waals surface area contributed by atoms with E-state index in [1.165, 1.54) is 24.8 Å². The summed E-state index contributed by atoms with van der Waals surface area (Å²) in [6.07, 6.45) is 3.95. The molecule has 3 nitrogen and oxygen atoms in total. The highest BCUT2D eigenvalue weighted by molar-refractivity contribution is 5.42. The molecule has 2 unspecified atom stereocenters. The number of nitrogens with one attached hydrogen (secondary N) is 1. The molecule has 0 aliphatic heterocycles. The van der Waals surface area contributed by atoms with Crippen LogP contribution in [0.25, 0.3) is 0 Å². The molecule has 0 spiro atoms. The van der Waals surface area contributed by atoms with Gasteiger partial charge in [-0.15, -0.1) is 0 Å². The molecule has 0 saturated heterocycles. The van der Waals surface area contributed by atoms with Crippen LogP contribution < -0.4 is 14.8 Å². The van der Waals surface area contributed by atoms with E-state index in [9.17, 15) is 0 Å². The maximum Gasteiger partial charge on any atom is 0.161 e. The lowest BCUT2D eigenvalue weighted by molar-refractivity contribution is 0.238. The van der Waals surface area contributed by atoms with E-state index >= 15 is 0 Å². The van der Waals surface area contributed by atoms with E-state index in [1.54, 1.807) is 14.2 Å². The van der Waals surface area contributed by atoms with E-state index in [0.717, 1.165) is 29.9 Å². The van der Waals surface area contributed by atoms with Crippen LogP contribution in [0.5, 0.6) is 11.5 Å². The summed E-state index contributed by atoms with van der Waals surface area (Å²) >= 11 is 0. The van der Waals surface area contributed by atoms with E-state index in [2.05, 4.69) is 31.3 Å². The first-order chi connectivity index (χ1) is 9.62. The van der Waals surface area contributed by atoms with Crippen molar-refractivity contribution in [3.63, 3.8) is 0 Å². The first kappa shape index (κ1) is 15.2. The van der Waals surface area contributed by atoms with Gasteiger partial charge in [-0.3, -0.25) is 0 Å². The molecule has 0 radical (unpaired) electrons. The fourth-order valence-corrected chi connectivity index (χ4v) is 3.37. The number of ether oxygens (including phenoxy) is 2. The maximum atomic E-state index is 5.35. The van der Waals surface area contributed by atoms with Gasteiger partial charge >= 0.3 is 0 Å². The summed E-state index contributed by atoms with van der Waals surface area (Å²) < 4.78 is 10.6. The Balaban J connectivity index is 1.93. The molecule has 0 bridgehead atoms. The number of rotatable bonds is 5. The van der Waals surface area contributed by atoms with Gasteiger partial charge in [0.15, 0.2) is 11.5 Å². The van der Waals surface area contributed by atoms with Gasteiger partial charge in [-0.05, 0) is 48.8 Å². The molecule has 0 heterocycles. The molecule has 3 heteroatoms. The molecule has 0 aromatic heterocycles. The smallest absolute Gasteiger partial charge is 0.161 e. The minimum absolute atomic E-state index is 0.641. The van der Waals surface area contributed by atoms with Gasteiger partial charge in [-0.1, -0.05) is 19.9 Å². The Kier molecular flexibility index (Phi) is 5.30. The minimum atomic E-state index is 0.641. The molecular weight excluding hydrogens is 250 g/mol. The quantitative estimate of drug-likeness (QED) is 0.891. The Morgan fingerprint density at radius 1 is 1.00 bits per heavy atom. The number of methoxy groups -OCH3 is 2. The molecule has 1 saturated carbocycles. The summed E-state index contributed by atoms with van der Waals surface area (Å²) in [6, 6.07) is 6.77. The molecule has 1 N–H and O–H groups in total. The Morgan fingerprint density at radius 3 is 2.25 bits per heavy atom. The zero-order valence-corrected chi connectivity index (χ0v) is 13.1. The van der Waals surface area contributed by atoms with E-state index in [0.29, 0.717) is 6.04 Å². The van der Waals surface area contributed by atoms with Crippen molar-refractivity contribution in [2.24, 2.45) is 11.8 Å². The zero-order chi connectivity index (χ0) is 14.5. The van der Waals surface area contributed by atoms with Crippen LogP contribution in [0.1, 0.15) is 38.7 Å². The highest BCUT2D eigenvalue weighted by atomic mass is 16.5. The van der Waals surface area contributed by atoms with Crippen LogP contribution in [0.4, 0.5) is 0 Å². The van der Waals surface area contributed by atoms with Crippen molar-refractivity contribution in [1.82, 2.24) is 5.32 Å². The van der Waals surface area contributed by atoms with Gasteiger partial charge in [-0.2, -0.15) is 0 Å². The minimum Gasteiger partial charge on any atom is -0.493 e. The molecule has 112 valence electrons. The predicted octanol–water partition coefficient (Wildman–Crippen LogP) is 3.62. The summed E-state index contributed by atoms with van der Waals surface area (Å²) in [5.74, 6) is 3.26. The van der Waals surface area contributed by atoms with E-state index in [4.69, 9.17) is 9.47 Å². The van der Waals surface area contributed by atoms with Crippen molar-refractivity contribution in [1.29, 1.82) is 0 Å². The van der Waals surface area contributed by atoms with Crippen molar-refractivity contribution in [3.05, 3.63) is 23.8 Å². The van der Waals surface area contributed by atoms with Gasteiger partial charge in [0.25, 0.3) is 0 Å². The lowest BCUT2D eigenvalue weighted by Crippen LogP contribution is -2.35. The van der Waals surface area contributed by atoms with Gasteiger partial charge in [-0.25, -0.2) is 0 Å². The summed E-state index contributed by atoms with van der Waals surface area (Å²) in [6.45, 7) is 5.62. The van der Waals surface area contributed by atoms with Crippen LogP contribution in [-0.4, -0.2) is 20.3 Å². The fourth-order valence-electron chi connectivity index (χ4n) is 3.37. The standard InChI is InChI=1S/C17H27NO2/c1-12-7-13(2)9-15(8-12)18-11-14-5-6-16(19-3)17(10-14)20-4/h5-6,10,12-13,15,18H,7-9,11H2,1-4H3. The van der Waals surface area contributed by atoms with E-state index in [-0.39, 0.29) is 0 Å². The van der Waals surface area contributed by atoms with Gasteiger partial charge in [0.1, 0.15) is 0 Å². The highest BCUT2D eigenvalue weighted by Crippen LogP contribution is 2.30. The first-order valence-corrected chi connectivity index (χ1v) is 7.56. The second kappa shape index (κ2) is 6.98. The van der Waals surface area contributed by atoms with Crippen LogP contribution in [0, 0.1) is 11.8 Å². The third-order valence-corrected chi connectivity index (χ3v) is 4.22. The highest BCUT2D eigenvalue weighted by Gasteiger charge is 2.23. The third kappa shape index (κ3) is 3.89. The SMILES string of the molecule is COc1ccc(CNC2CC(C)CC(C)C2)cc1OC. The normalized spacial score (nSPS) is 26.3. The Labute approximate surface area is 122 Å². The summed E-state index contributed by atoms with van der Waals surface area (Å²) in [5.41, 5.74) is 1.24. The van der Waals surface area contributed by atoms with Crippen LogP contribution in [0.3, 0.4) is 0 Å². The third-order valence-electron chi connectivity index (χ3n) is 4.22. The first-order valence-electron chi connectivity index (χ1n) is 7.56. The zero-order valence-electron chi connectivity index (χ0n) is 13.1. The van der Waals surface area contributed by atoms with Crippen molar-refractivity contribution >= 4 is 0 Å². The van der Waals surface area contributed by atoms with Crippen molar-refractivity contribution < 1.29 is 9.47 Å². The molecule has 0 amide bonds. The van der Waals surface area contributed by atoms with Crippen LogP contribution in [-0.2, 0) is 6.54 Å². The van der Waals surface area contributed by atoms with Crippen LogP contribution in [0.15, 0.2) is 18.2 Å². The molecule has 2 rings (SSSR count). The van der Waals surface area contributed by atoms with Gasteiger partial charge in [0, 0.05) is 12.6 Å². The second-order valence-corrected chi connectivity index (χ2v) is 6.18. The lowest BCUT2D eigenvalue weighted by atomic mass is 9.80. The van der Waals surface area contributed by atoms with Crippen molar-refractivity contribution in [2.75, 3.05) is 14.2 Å². The molecule has 1 aromatic rings. The predicted molar refractivity (Wildman–Crippen MR) is 82.4 cm³/mol. The van der Waals surface area contributed by atoms with Gasteiger partial charge in [0.2, 0.25) is 0 Å².